The van der Waals surface area contributed by atoms with E-state index in [-0.39, 0.29) is 5.91 Å². The molecule has 6 nitrogen and oxygen atoms in total. The maximum Gasteiger partial charge on any atom is 0.235 e. The second kappa shape index (κ2) is 6.08. The van der Waals surface area contributed by atoms with Crippen LogP contribution in [0.1, 0.15) is 32.0 Å². The van der Waals surface area contributed by atoms with E-state index in [0.29, 0.717) is 18.1 Å². The topological polar surface area (TPSA) is 72.7 Å². The number of unbranched alkanes of at least 4 members (excludes halogenated alkanes) is 1. The zero-order valence-corrected chi connectivity index (χ0v) is 11.1. The predicted molar refractivity (Wildman–Crippen MR) is 72.0 cm³/mol. The van der Waals surface area contributed by atoms with E-state index in [0.717, 1.165) is 18.7 Å². The second-order valence-corrected chi connectivity index (χ2v) is 4.27. The number of carbonyl (C=O) groups is 1. The standard InChI is InChI=1S/C13H17N5O/c1-3-4-5-12(19)17-11-8-15-13(16-9-11)18-7-6-14-10(18)2/h6-9H,3-5H2,1-2H3,(H,17,19). The van der Waals surface area contributed by atoms with Gasteiger partial charge in [-0.1, -0.05) is 13.3 Å². The molecular formula is C13H17N5O. The number of hydrogen-bond donors (Lipinski definition) is 1. The van der Waals surface area contributed by atoms with Crippen LogP contribution >= 0.6 is 0 Å². The van der Waals surface area contributed by atoms with E-state index in [4.69, 9.17) is 0 Å². The van der Waals surface area contributed by atoms with Crippen LogP contribution < -0.4 is 5.32 Å². The Bertz CT molecular complexity index is 546. The van der Waals surface area contributed by atoms with Crippen LogP contribution in [0.25, 0.3) is 5.95 Å². The number of aryl methyl sites for hydroxylation is 1. The number of anilines is 1. The van der Waals surface area contributed by atoms with Crippen molar-refractivity contribution in [3.8, 4) is 5.95 Å². The first-order valence-corrected chi connectivity index (χ1v) is 6.33. The highest BCUT2D eigenvalue weighted by atomic mass is 16.1. The summed E-state index contributed by atoms with van der Waals surface area (Å²) in [5.74, 6) is 1.36. The minimum absolute atomic E-state index is 0.00277. The fourth-order valence-corrected chi connectivity index (χ4v) is 1.66. The summed E-state index contributed by atoms with van der Waals surface area (Å²) in [5, 5.41) is 2.78. The molecule has 0 aliphatic rings. The van der Waals surface area contributed by atoms with Crippen LogP contribution in [0, 0.1) is 6.92 Å². The highest BCUT2D eigenvalue weighted by Gasteiger charge is 2.05. The van der Waals surface area contributed by atoms with Crippen LogP contribution in [0.3, 0.4) is 0 Å². The van der Waals surface area contributed by atoms with Gasteiger partial charge in [0.15, 0.2) is 0 Å². The third kappa shape index (κ3) is 3.37. The highest BCUT2D eigenvalue weighted by molar-refractivity contribution is 5.90. The lowest BCUT2D eigenvalue weighted by atomic mass is 10.2. The zero-order chi connectivity index (χ0) is 13.7. The molecule has 0 aliphatic carbocycles. The molecule has 0 atom stereocenters. The molecule has 0 spiro atoms. The second-order valence-electron chi connectivity index (χ2n) is 4.27. The van der Waals surface area contributed by atoms with Crippen molar-refractivity contribution in [1.29, 1.82) is 0 Å². The first-order valence-electron chi connectivity index (χ1n) is 6.33. The summed E-state index contributed by atoms with van der Waals surface area (Å²) in [6, 6.07) is 0. The van der Waals surface area contributed by atoms with Gasteiger partial charge in [0.25, 0.3) is 0 Å². The Hall–Kier alpha value is -2.24. The van der Waals surface area contributed by atoms with Crippen LogP contribution in [0.5, 0.6) is 0 Å². The van der Waals surface area contributed by atoms with Gasteiger partial charge in [0.05, 0.1) is 18.1 Å². The van der Waals surface area contributed by atoms with Gasteiger partial charge in [-0.3, -0.25) is 9.36 Å². The van der Waals surface area contributed by atoms with E-state index in [2.05, 4.69) is 27.2 Å². The fourth-order valence-electron chi connectivity index (χ4n) is 1.66. The van der Waals surface area contributed by atoms with Gasteiger partial charge in [-0.25, -0.2) is 15.0 Å². The molecule has 0 aliphatic heterocycles. The van der Waals surface area contributed by atoms with Crippen molar-refractivity contribution < 1.29 is 4.79 Å². The summed E-state index contributed by atoms with van der Waals surface area (Å²) in [5.41, 5.74) is 0.614. The maximum atomic E-state index is 11.6. The number of imidazole rings is 1. The lowest BCUT2D eigenvalue weighted by Crippen LogP contribution is -2.12. The van der Waals surface area contributed by atoms with Gasteiger partial charge in [0.2, 0.25) is 11.9 Å². The quantitative estimate of drug-likeness (QED) is 0.892. The van der Waals surface area contributed by atoms with E-state index < -0.39 is 0 Å². The summed E-state index contributed by atoms with van der Waals surface area (Å²) in [4.78, 5) is 24.1. The molecule has 0 bridgehead atoms. The summed E-state index contributed by atoms with van der Waals surface area (Å²) in [7, 11) is 0. The molecule has 0 saturated heterocycles. The Morgan fingerprint density at radius 1 is 1.32 bits per heavy atom. The Morgan fingerprint density at radius 2 is 2.05 bits per heavy atom. The summed E-state index contributed by atoms with van der Waals surface area (Å²) >= 11 is 0. The van der Waals surface area contributed by atoms with Crippen LogP contribution in [0.2, 0.25) is 0 Å². The van der Waals surface area contributed by atoms with Crippen LogP contribution in [-0.2, 0) is 4.79 Å². The first kappa shape index (κ1) is 13.2. The number of nitrogens with one attached hydrogen (secondary N) is 1. The Labute approximate surface area is 111 Å². The zero-order valence-electron chi connectivity index (χ0n) is 11.1. The number of amides is 1. The van der Waals surface area contributed by atoms with Crippen molar-refractivity contribution in [3.63, 3.8) is 0 Å². The van der Waals surface area contributed by atoms with Crippen molar-refractivity contribution >= 4 is 11.6 Å². The van der Waals surface area contributed by atoms with E-state index >= 15 is 0 Å². The highest BCUT2D eigenvalue weighted by Crippen LogP contribution is 2.08. The third-order valence-corrected chi connectivity index (χ3v) is 2.72. The van der Waals surface area contributed by atoms with Crippen LogP contribution in [-0.4, -0.2) is 25.4 Å². The van der Waals surface area contributed by atoms with Crippen molar-refractivity contribution in [1.82, 2.24) is 19.5 Å². The van der Waals surface area contributed by atoms with Crippen molar-refractivity contribution in [2.75, 3.05) is 5.32 Å². The molecular weight excluding hydrogens is 242 g/mol. The number of hydrogen-bond acceptors (Lipinski definition) is 4. The van der Waals surface area contributed by atoms with Gasteiger partial charge in [-0.05, 0) is 13.3 Å². The average Bonchev–Trinajstić information content (AvgIpc) is 2.83. The van der Waals surface area contributed by atoms with E-state index in [9.17, 15) is 4.79 Å². The molecule has 100 valence electrons. The lowest BCUT2D eigenvalue weighted by Gasteiger charge is -2.06. The maximum absolute atomic E-state index is 11.6. The number of aromatic nitrogens is 4. The molecule has 6 heteroatoms. The molecule has 2 rings (SSSR count). The molecule has 0 unspecified atom stereocenters. The molecule has 1 amide bonds. The Balaban J connectivity index is 2.03. The molecule has 2 heterocycles. The van der Waals surface area contributed by atoms with E-state index in [1.807, 2.05) is 6.92 Å². The van der Waals surface area contributed by atoms with Gasteiger partial charge in [0.1, 0.15) is 5.82 Å². The summed E-state index contributed by atoms with van der Waals surface area (Å²) < 4.78 is 1.78. The smallest absolute Gasteiger partial charge is 0.235 e. The molecule has 0 radical (unpaired) electrons. The van der Waals surface area contributed by atoms with Gasteiger partial charge in [-0.2, -0.15) is 0 Å². The third-order valence-electron chi connectivity index (χ3n) is 2.72. The van der Waals surface area contributed by atoms with Gasteiger partial charge in [0, 0.05) is 18.8 Å². The molecule has 0 saturated carbocycles. The Kier molecular flexibility index (Phi) is 4.22. The minimum atomic E-state index is -0.00277. The number of rotatable bonds is 5. The normalized spacial score (nSPS) is 10.4. The van der Waals surface area contributed by atoms with E-state index in [1.165, 1.54) is 0 Å². The van der Waals surface area contributed by atoms with Crippen LogP contribution in [0.15, 0.2) is 24.8 Å². The minimum Gasteiger partial charge on any atom is -0.323 e. The predicted octanol–water partition coefficient (Wildman–Crippen LogP) is 2.10. The molecule has 1 N–H and O–H groups in total. The molecule has 19 heavy (non-hydrogen) atoms. The number of nitrogens with zero attached hydrogens (tertiary/aromatic N) is 4. The van der Waals surface area contributed by atoms with Gasteiger partial charge >= 0.3 is 0 Å². The fraction of sp³-hybridized carbons (Fsp3) is 0.385. The van der Waals surface area contributed by atoms with Crippen molar-refractivity contribution in [3.05, 3.63) is 30.6 Å². The Morgan fingerprint density at radius 3 is 2.63 bits per heavy atom. The molecule has 2 aromatic rings. The van der Waals surface area contributed by atoms with Gasteiger partial charge < -0.3 is 5.32 Å². The molecule has 0 aromatic carbocycles. The molecule has 2 aromatic heterocycles. The SMILES string of the molecule is CCCCC(=O)Nc1cnc(-n2ccnc2C)nc1. The number of carbonyl (C=O) groups excluding carboxylic acids is 1. The van der Waals surface area contributed by atoms with Gasteiger partial charge in [-0.15, -0.1) is 0 Å². The van der Waals surface area contributed by atoms with Crippen molar-refractivity contribution in [2.45, 2.75) is 33.1 Å². The lowest BCUT2D eigenvalue weighted by molar-refractivity contribution is -0.116. The van der Waals surface area contributed by atoms with Crippen molar-refractivity contribution in [2.24, 2.45) is 0 Å². The summed E-state index contributed by atoms with van der Waals surface area (Å²) in [6.07, 6.45) is 9.11. The molecule has 0 fully saturated rings. The first-order chi connectivity index (χ1) is 9.20. The largest absolute Gasteiger partial charge is 0.323 e. The van der Waals surface area contributed by atoms with Crippen LogP contribution in [0.4, 0.5) is 5.69 Å². The van der Waals surface area contributed by atoms with E-state index in [1.54, 1.807) is 29.4 Å². The monoisotopic (exact) mass is 259 g/mol. The summed E-state index contributed by atoms with van der Waals surface area (Å²) in [6.45, 7) is 3.93. The average molecular weight is 259 g/mol.